The molecule has 2 rings (SSSR count). The molecule has 0 radical (unpaired) electrons. The first-order valence-corrected chi connectivity index (χ1v) is 3.95. The van der Waals surface area contributed by atoms with Crippen LogP contribution in [0.1, 0.15) is 5.56 Å². The van der Waals surface area contributed by atoms with Crippen molar-refractivity contribution in [3.05, 3.63) is 23.8 Å². The molecular formula is C9H9N3O. The van der Waals surface area contributed by atoms with Crippen LogP contribution < -0.4 is 4.74 Å². The van der Waals surface area contributed by atoms with E-state index in [-0.39, 0.29) is 0 Å². The van der Waals surface area contributed by atoms with E-state index in [0.29, 0.717) is 6.01 Å². The highest BCUT2D eigenvalue weighted by molar-refractivity contribution is 5.77. The Hall–Kier alpha value is -1.71. The van der Waals surface area contributed by atoms with Gasteiger partial charge in [-0.3, -0.25) is 0 Å². The lowest BCUT2D eigenvalue weighted by Gasteiger charge is -2.00. The van der Waals surface area contributed by atoms with Gasteiger partial charge in [-0.25, -0.2) is 0 Å². The van der Waals surface area contributed by atoms with E-state index in [1.165, 1.54) is 7.11 Å². The van der Waals surface area contributed by atoms with E-state index in [0.717, 1.165) is 16.6 Å². The fourth-order valence-electron chi connectivity index (χ4n) is 1.17. The van der Waals surface area contributed by atoms with Gasteiger partial charge in [-0.2, -0.15) is 4.98 Å². The number of fused-ring (bicyclic) bond motifs is 1. The molecule has 0 N–H and O–H groups in total. The molecule has 0 atom stereocenters. The molecular weight excluding hydrogens is 166 g/mol. The summed E-state index contributed by atoms with van der Waals surface area (Å²) in [6.07, 6.45) is 0. The van der Waals surface area contributed by atoms with Gasteiger partial charge < -0.3 is 4.74 Å². The second-order valence-electron chi connectivity index (χ2n) is 2.74. The van der Waals surface area contributed by atoms with Crippen LogP contribution >= 0.6 is 0 Å². The average molecular weight is 175 g/mol. The molecule has 0 unspecified atom stereocenters. The van der Waals surface area contributed by atoms with Crippen molar-refractivity contribution in [2.24, 2.45) is 0 Å². The van der Waals surface area contributed by atoms with Crippen molar-refractivity contribution < 1.29 is 4.74 Å². The minimum atomic E-state index is 0.307. The summed E-state index contributed by atoms with van der Waals surface area (Å²) in [5, 5.41) is 7.76. The predicted octanol–water partition coefficient (Wildman–Crippen LogP) is 1.34. The molecule has 0 aliphatic heterocycles. The fraction of sp³-hybridized carbons (Fsp3) is 0.222. The minimum absolute atomic E-state index is 0.307. The molecule has 0 saturated heterocycles. The van der Waals surface area contributed by atoms with Crippen LogP contribution in [0.25, 0.3) is 11.0 Å². The molecule has 0 bridgehead atoms. The normalized spacial score (nSPS) is 10.3. The third kappa shape index (κ3) is 1.30. The van der Waals surface area contributed by atoms with Crippen molar-refractivity contribution in [2.45, 2.75) is 6.92 Å². The quantitative estimate of drug-likeness (QED) is 0.656. The molecule has 0 spiro atoms. The Morgan fingerprint density at radius 3 is 2.85 bits per heavy atom. The van der Waals surface area contributed by atoms with Crippen molar-refractivity contribution >= 4 is 11.0 Å². The summed E-state index contributed by atoms with van der Waals surface area (Å²) in [5.41, 5.74) is 2.71. The Labute approximate surface area is 75.6 Å². The second-order valence-corrected chi connectivity index (χ2v) is 2.74. The van der Waals surface area contributed by atoms with E-state index in [9.17, 15) is 0 Å². The SMILES string of the molecule is COc1nnc2cccc(C)c2n1. The van der Waals surface area contributed by atoms with E-state index in [1.54, 1.807) is 0 Å². The van der Waals surface area contributed by atoms with Gasteiger partial charge in [-0.15, -0.1) is 5.10 Å². The topological polar surface area (TPSA) is 47.9 Å². The number of aromatic nitrogens is 3. The van der Waals surface area contributed by atoms with Gasteiger partial charge in [0.15, 0.2) is 0 Å². The van der Waals surface area contributed by atoms with Crippen LogP contribution in [-0.4, -0.2) is 22.3 Å². The molecule has 0 aliphatic rings. The van der Waals surface area contributed by atoms with Gasteiger partial charge >= 0.3 is 6.01 Å². The number of rotatable bonds is 1. The standard InChI is InChI=1S/C9H9N3O/c1-6-4-3-5-7-8(6)10-9(13-2)12-11-7/h3-5H,1-2H3. The molecule has 0 fully saturated rings. The number of para-hydroxylation sites is 1. The lowest BCUT2D eigenvalue weighted by Crippen LogP contribution is -1.96. The first-order valence-electron chi connectivity index (χ1n) is 3.95. The molecule has 0 amide bonds. The number of hydrogen-bond donors (Lipinski definition) is 0. The van der Waals surface area contributed by atoms with Crippen LogP contribution in [0.15, 0.2) is 18.2 Å². The summed E-state index contributed by atoms with van der Waals surface area (Å²) in [7, 11) is 1.53. The predicted molar refractivity (Wildman–Crippen MR) is 48.6 cm³/mol. The van der Waals surface area contributed by atoms with E-state index in [4.69, 9.17) is 4.74 Å². The number of methoxy groups -OCH3 is 1. The van der Waals surface area contributed by atoms with Crippen molar-refractivity contribution in [1.82, 2.24) is 15.2 Å². The highest BCUT2D eigenvalue weighted by atomic mass is 16.5. The Morgan fingerprint density at radius 2 is 2.08 bits per heavy atom. The summed E-state index contributed by atoms with van der Waals surface area (Å²) in [4.78, 5) is 4.20. The summed E-state index contributed by atoms with van der Waals surface area (Å²) in [5.74, 6) is 0. The molecule has 1 aromatic heterocycles. The number of aryl methyl sites for hydroxylation is 1. The Kier molecular flexibility index (Phi) is 1.81. The van der Waals surface area contributed by atoms with Crippen molar-refractivity contribution in [3.63, 3.8) is 0 Å². The average Bonchev–Trinajstić information content (AvgIpc) is 2.18. The largest absolute Gasteiger partial charge is 0.466 e. The molecule has 1 heterocycles. The summed E-state index contributed by atoms with van der Waals surface area (Å²) in [6.45, 7) is 1.98. The zero-order chi connectivity index (χ0) is 9.26. The molecule has 0 aliphatic carbocycles. The molecule has 4 heteroatoms. The lowest BCUT2D eigenvalue weighted by molar-refractivity contribution is 0.376. The van der Waals surface area contributed by atoms with Crippen LogP contribution in [0.5, 0.6) is 6.01 Å². The van der Waals surface area contributed by atoms with Gasteiger partial charge in [-0.1, -0.05) is 17.2 Å². The number of hydrogen-bond acceptors (Lipinski definition) is 4. The first kappa shape index (κ1) is 7.91. The van der Waals surface area contributed by atoms with Crippen molar-refractivity contribution in [2.75, 3.05) is 7.11 Å². The van der Waals surface area contributed by atoms with Crippen LogP contribution in [0.4, 0.5) is 0 Å². The van der Waals surface area contributed by atoms with Crippen LogP contribution in [0.3, 0.4) is 0 Å². The third-order valence-corrected chi connectivity index (χ3v) is 1.85. The fourth-order valence-corrected chi connectivity index (χ4v) is 1.17. The van der Waals surface area contributed by atoms with Crippen LogP contribution in [0, 0.1) is 6.92 Å². The van der Waals surface area contributed by atoms with Crippen LogP contribution in [-0.2, 0) is 0 Å². The number of ether oxygens (including phenoxy) is 1. The monoisotopic (exact) mass is 175 g/mol. The van der Waals surface area contributed by atoms with Crippen molar-refractivity contribution in [1.29, 1.82) is 0 Å². The molecule has 1 aromatic carbocycles. The summed E-state index contributed by atoms with van der Waals surface area (Å²) < 4.78 is 4.89. The smallest absolute Gasteiger partial charge is 0.335 e. The Balaban J connectivity index is 2.74. The second kappa shape index (κ2) is 2.97. The third-order valence-electron chi connectivity index (χ3n) is 1.85. The minimum Gasteiger partial charge on any atom is -0.466 e. The molecule has 66 valence electrons. The van der Waals surface area contributed by atoms with Gasteiger partial charge in [0.25, 0.3) is 0 Å². The molecule has 13 heavy (non-hydrogen) atoms. The van der Waals surface area contributed by atoms with Gasteiger partial charge in [0.1, 0.15) is 5.52 Å². The molecule has 2 aromatic rings. The van der Waals surface area contributed by atoms with Gasteiger partial charge in [0, 0.05) is 0 Å². The van der Waals surface area contributed by atoms with Gasteiger partial charge in [0.05, 0.1) is 12.6 Å². The number of benzene rings is 1. The van der Waals surface area contributed by atoms with Gasteiger partial charge in [0.2, 0.25) is 0 Å². The highest BCUT2D eigenvalue weighted by Crippen LogP contribution is 2.14. The zero-order valence-electron chi connectivity index (χ0n) is 7.48. The summed E-state index contributed by atoms with van der Waals surface area (Å²) in [6, 6.07) is 6.10. The number of nitrogens with zero attached hydrogens (tertiary/aromatic N) is 3. The highest BCUT2D eigenvalue weighted by Gasteiger charge is 2.02. The molecule has 4 nitrogen and oxygen atoms in total. The maximum absolute atomic E-state index is 4.89. The first-order chi connectivity index (χ1) is 6.31. The van der Waals surface area contributed by atoms with Crippen LogP contribution in [0.2, 0.25) is 0 Å². The maximum Gasteiger partial charge on any atom is 0.335 e. The zero-order valence-corrected chi connectivity index (χ0v) is 7.48. The maximum atomic E-state index is 4.89. The van der Waals surface area contributed by atoms with Gasteiger partial charge in [-0.05, 0) is 18.6 Å². The van der Waals surface area contributed by atoms with E-state index in [2.05, 4.69) is 15.2 Å². The Bertz CT molecular complexity index is 442. The Morgan fingerprint density at radius 1 is 1.23 bits per heavy atom. The van der Waals surface area contributed by atoms with E-state index in [1.807, 2.05) is 25.1 Å². The van der Waals surface area contributed by atoms with E-state index < -0.39 is 0 Å². The molecule has 0 saturated carbocycles. The summed E-state index contributed by atoms with van der Waals surface area (Å²) >= 11 is 0. The lowest BCUT2D eigenvalue weighted by atomic mass is 10.2. The van der Waals surface area contributed by atoms with Crippen molar-refractivity contribution in [3.8, 4) is 6.01 Å². The van der Waals surface area contributed by atoms with E-state index >= 15 is 0 Å².